The molecule has 0 bridgehead atoms. The van der Waals surface area contributed by atoms with E-state index >= 15 is 0 Å². The molecule has 47 heavy (non-hydrogen) atoms. The topological polar surface area (TPSA) is 75.2 Å². The van der Waals surface area contributed by atoms with E-state index in [0.29, 0.717) is 28.8 Å². The van der Waals surface area contributed by atoms with Crippen molar-refractivity contribution in [2.75, 3.05) is 19.6 Å². The van der Waals surface area contributed by atoms with Gasteiger partial charge in [0.05, 0.1) is 6.33 Å². The third-order valence-electron chi connectivity index (χ3n) is 9.04. The van der Waals surface area contributed by atoms with Gasteiger partial charge in [-0.15, -0.1) is 0 Å². The van der Waals surface area contributed by atoms with Gasteiger partial charge in [-0.2, -0.15) is 0 Å². The zero-order valence-electron chi connectivity index (χ0n) is 26.8. The van der Waals surface area contributed by atoms with Gasteiger partial charge in [0.25, 0.3) is 0 Å². The van der Waals surface area contributed by atoms with E-state index in [1.54, 1.807) is 24.3 Å². The Morgan fingerprint density at radius 1 is 0.894 bits per heavy atom. The fraction of sp³-hybridized carbons (Fsp3) is 0.368. The molecule has 246 valence electrons. The lowest BCUT2D eigenvalue weighted by atomic mass is 9.92. The Morgan fingerprint density at radius 2 is 1.64 bits per heavy atom. The number of carbonyl (C=O) groups is 1. The number of aromatic nitrogens is 3. The minimum Gasteiger partial charge on any atom is -0.410 e. The predicted molar refractivity (Wildman–Crippen MR) is 191 cm³/mol. The number of benzene rings is 3. The van der Waals surface area contributed by atoms with Gasteiger partial charge in [-0.1, -0.05) is 73.2 Å². The van der Waals surface area contributed by atoms with Gasteiger partial charge >= 0.3 is 6.09 Å². The second kappa shape index (κ2) is 16.4. The summed E-state index contributed by atoms with van der Waals surface area (Å²) in [6.07, 6.45) is 15.8. The molecule has 1 atom stereocenters. The van der Waals surface area contributed by atoms with Crippen molar-refractivity contribution in [1.82, 2.24) is 24.8 Å². The summed E-state index contributed by atoms with van der Waals surface area (Å²) in [6.45, 7) is 3.71. The SMILES string of the molecule is O=C(Oc1ccc(Cl)cc1)N1CCc2c([nH]c3ccc(Cl)cc23)C1c1ccc(CCCCCCCCNCCCn2ccnc2)cc1. The monoisotopic (exact) mass is 671 g/mol. The van der Waals surface area contributed by atoms with Crippen molar-refractivity contribution in [3.8, 4) is 5.75 Å². The van der Waals surface area contributed by atoms with Crippen molar-refractivity contribution in [3.63, 3.8) is 0 Å². The number of amides is 1. The number of nitrogens with zero attached hydrogens (tertiary/aromatic N) is 3. The quantitative estimate of drug-likeness (QED) is 0.109. The molecule has 6 rings (SSSR count). The number of H-pyrrole nitrogens is 1. The fourth-order valence-electron chi connectivity index (χ4n) is 6.55. The van der Waals surface area contributed by atoms with Crippen LogP contribution in [0.5, 0.6) is 5.75 Å². The van der Waals surface area contributed by atoms with E-state index in [2.05, 4.69) is 44.1 Å². The molecule has 1 aliphatic heterocycles. The van der Waals surface area contributed by atoms with Crippen molar-refractivity contribution >= 4 is 40.2 Å². The Kier molecular flexibility index (Phi) is 11.5. The van der Waals surface area contributed by atoms with Crippen LogP contribution in [0.25, 0.3) is 10.9 Å². The van der Waals surface area contributed by atoms with Crippen LogP contribution in [-0.4, -0.2) is 45.2 Å². The highest BCUT2D eigenvalue weighted by molar-refractivity contribution is 6.31. The summed E-state index contributed by atoms with van der Waals surface area (Å²) in [4.78, 5) is 23.1. The minimum atomic E-state index is -0.384. The third kappa shape index (κ3) is 8.78. The molecule has 9 heteroatoms. The van der Waals surface area contributed by atoms with Crippen molar-refractivity contribution < 1.29 is 9.53 Å². The van der Waals surface area contributed by atoms with E-state index < -0.39 is 0 Å². The lowest BCUT2D eigenvalue weighted by Crippen LogP contribution is -2.42. The van der Waals surface area contributed by atoms with Crippen LogP contribution in [0.2, 0.25) is 10.0 Å². The van der Waals surface area contributed by atoms with E-state index in [9.17, 15) is 4.79 Å². The van der Waals surface area contributed by atoms with E-state index in [-0.39, 0.29) is 12.1 Å². The number of aryl methyl sites for hydroxylation is 2. The zero-order valence-corrected chi connectivity index (χ0v) is 28.3. The zero-order chi connectivity index (χ0) is 32.4. The molecule has 0 aliphatic carbocycles. The first kappa shape index (κ1) is 33.1. The molecule has 5 aromatic rings. The van der Waals surface area contributed by atoms with Crippen LogP contribution >= 0.6 is 23.2 Å². The van der Waals surface area contributed by atoms with Crippen molar-refractivity contribution in [3.05, 3.63) is 118 Å². The van der Waals surface area contributed by atoms with Crippen LogP contribution in [-0.2, 0) is 19.4 Å². The molecule has 2 N–H and O–H groups in total. The summed E-state index contributed by atoms with van der Waals surface area (Å²) in [5.74, 6) is 0.469. The Hall–Kier alpha value is -3.78. The first-order valence-electron chi connectivity index (χ1n) is 16.8. The first-order valence-corrected chi connectivity index (χ1v) is 17.6. The molecule has 0 radical (unpaired) electrons. The summed E-state index contributed by atoms with van der Waals surface area (Å²) in [7, 11) is 0. The number of nitrogens with one attached hydrogen (secondary N) is 2. The fourth-order valence-corrected chi connectivity index (χ4v) is 6.85. The standard InChI is InChI=1S/C38H43Cl2N5O2/c39-30-13-16-32(17-14-30)47-38(46)45-24-19-33-34-26-31(40)15-18-35(34)43-36(33)37(45)29-11-9-28(10-12-29)8-5-3-1-2-4-6-20-41-21-7-23-44-25-22-42-27-44/h9-18,22,25-27,37,41,43H,1-8,19-21,23-24H2. The summed E-state index contributed by atoms with van der Waals surface area (Å²) < 4.78 is 7.94. The lowest BCUT2D eigenvalue weighted by Gasteiger charge is -2.35. The molecule has 2 aromatic heterocycles. The molecule has 0 saturated carbocycles. The number of hydrogen-bond donors (Lipinski definition) is 2. The van der Waals surface area contributed by atoms with Crippen molar-refractivity contribution in [1.29, 1.82) is 0 Å². The van der Waals surface area contributed by atoms with E-state index in [0.717, 1.165) is 54.6 Å². The number of rotatable bonds is 15. The maximum Gasteiger partial charge on any atom is 0.416 e. The maximum absolute atomic E-state index is 13.6. The number of fused-ring (bicyclic) bond motifs is 3. The van der Waals surface area contributed by atoms with E-state index in [1.807, 2.05) is 41.8 Å². The Morgan fingerprint density at radius 3 is 2.43 bits per heavy atom. The van der Waals surface area contributed by atoms with Crippen molar-refractivity contribution in [2.24, 2.45) is 0 Å². The third-order valence-corrected chi connectivity index (χ3v) is 9.52. The highest BCUT2D eigenvalue weighted by Crippen LogP contribution is 2.39. The summed E-state index contributed by atoms with van der Waals surface area (Å²) in [6, 6.07) is 21.3. The van der Waals surface area contributed by atoms with Crippen LogP contribution < -0.4 is 10.1 Å². The number of hydrogen-bond acceptors (Lipinski definition) is 4. The summed E-state index contributed by atoms with van der Waals surface area (Å²) in [5.41, 5.74) is 5.61. The molecule has 3 heterocycles. The van der Waals surface area contributed by atoms with Gasteiger partial charge in [-0.05, 0) is 104 Å². The predicted octanol–water partition coefficient (Wildman–Crippen LogP) is 9.38. The molecule has 1 amide bonds. The van der Waals surface area contributed by atoms with E-state index in [4.69, 9.17) is 27.9 Å². The lowest BCUT2D eigenvalue weighted by molar-refractivity contribution is 0.135. The molecule has 3 aromatic carbocycles. The highest BCUT2D eigenvalue weighted by Gasteiger charge is 2.35. The molecule has 7 nitrogen and oxygen atoms in total. The minimum absolute atomic E-state index is 0.301. The van der Waals surface area contributed by atoms with Gasteiger partial charge in [-0.3, -0.25) is 4.90 Å². The first-order chi connectivity index (χ1) is 23.0. The number of carbonyl (C=O) groups excluding carboxylic acids is 1. The number of imidazole rings is 1. The summed E-state index contributed by atoms with van der Waals surface area (Å²) in [5, 5.41) is 5.97. The molecular weight excluding hydrogens is 629 g/mol. The molecule has 0 fully saturated rings. The van der Waals surface area contributed by atoms with Gasteiger partial charge in [0.15, 0.2) is 0 Å². The van der Waals surface area contributed by atoms with E-state index in [1.165, 1.54) is 49.7 Å². The number of ether oxygens (including phenoxy) is 1. The van der Waals surface area contributed by atoms with Gasteiger partial charge in [0.1, 0.15) is 11.8 Å². The van der Waals surface area contributed by atoms with Gasteiger partial charge in [-0.25, -0.2) is 9.78 Å². The molecular formula is C38H43Cl2N5O2. The second-order valence-corrected chi connectivity index (χ2v) is 13.3. The Balaban J connectivity index is 1.01. The maximum atomic E-state index is 13.6. The highest BCUT2D eigenvalue weighted by atomic mass is 35.5. The van der Waals surface area contributed by atoms with Crippen LogP contribution in [0.3, 0.4) is 0 Å². The molecule has 1 aliphatic rings. The molecule has 0 spiro atoms. The van der Waals surface area contributed by atoms with Crippen LogP contribution in [0, 0.1) is 0 Å². The summed E-state index contributed by atoms with van der Waals surface area (Å²) >= 11 is 12.4. The molecule has 1 unspecified atom stereocenters. The average Bonchev–Trinajstić information content (AvgIpc) is 3.74. The normalized spacial score (nSPS) is 14.4. The van der Waals surface area contributed by atoms with Gasteiger partial charge in [0.2, 0.25) is 0 Å². The Labute approximate surface area is 287 Å². The van der Waals surface area contributed by atoms with Gasteiger partial charge < -0.3 is 19.6 Å². The Bertz CT molecular complexity index is 1720. The second-order valence-electron chi connectivity index (χ2n) is 12.4. The van der Waals surface area contributed by atoms with Crippen LogP contribution in [0.1, 0.15) is 73.4 Å². The average molecular weight is 673 g/mol. The van der Waals surface area contributed by atoms with Gasteiger partial charge in [0, 0.05) is 52.1 Å². The number of unbranched alkanes of at least 4 members (excludes halogenated alkanes) is 5. The van der Waals surface area contributed by atoms with Crippen LogP contribution in [0.15, 0.2) is 85.5 Å². The molecule has 0 saturated heterocycles. The number of aromatic amines is 1. The number of halogens is 2. The smallest absolute Gasteiger partial charge is 0.410 e. The largest absolute Gasteiger partial charge is 0.416 e. The van der Waals surface area contributed by atoms with Crippen molar-refractivity contribution in [2.45, 2.75) is 70.4 Å². The van der Waals surface area contributed by atoms with Crippen LogP contribution in [0.4, 0.5) is 4.79 Å².